The van der Waals surface area contributed by atoms with Gasteiger partial charge in [0.15, 0.2) is 0 Å². The first kappa shape index (κ1) is 12.6. The van der Waals surface area contributed by atoms with Gasteiger partial charge in [-0.05, 0) is 56.2 Å². The maximum absolute atomic E-state index is 3.57. The van der Waals surface area contributed by atoms with E-state index in [2.05, 4.69) is 36.5 Å². The summed E-state index contributed by atoms with van der Waals surface area (Å²) in [5.74, 6) is 0. The molecule has 17 heavy (non-hydrogen) atoms. The fourth-order valence-corrected chi connectivity index (χ4v) is 2.17. The van der Waals surface area contributed by atoms with Gasteiger partial charge in [0.2, 0.25) is 0 Å². The zero-order chi connectivity index (χ0) is 11.9. The van der Waals surface area contributed by atoms with E-state index in [4.69, 9.17) is 0 Å². The van der Waals surface area contributed by atoms with Gasteiger partial charge < -0.3 is 5.32 Å². The lowest BCUT2D eigenvalue weighted by molar-refractivity contribution is 0.600. The van der Waals surface area contributed by atoms with E-state index < -0.39 is 0 Å². The molecular weight excluding hydrogens is 206 g/mol. The molecular formula is C16H25N. The Kier molecular flexibility index (Phi) is 5.06. The highest BCUT2D eigenvalue weighted by Gasteiger charge is 2.19. The highest BCUT2D eigenvalue weighted by Crippen LogP contribution is 2.18. The van der Waals surface area contributed by atoms with Crippen molar-refractivity contribution in [3.8, 4) is 0 Å². The van der Waals surface area contributed by atoms with Gasteiger partial charge in [-0.25, -0.2) is 0 Å². The molecule has 0 radical (unpaired) electrons. The molecule has 1 heteroatoms. The number of nitrogens with one attached hydrogen (secondary N) is 1. The molecule has 1 aromatic rings. The van der Waals surface area contributed by atoms with Gasteiger partial charge in [0.25, 0.3) is 0 Å². The largest absolute Gasteiger partial charge is 0.314 e. The molecule has 94 valence electrons. The zero-order valence-electron chi connectivity index (χ0n) is 11.0. The van der Waals surface area contributed by atoms with Crippen LogP contribution >= 0.6 is 0 Å². The first-order chi connectivity index (χ1) is 8.38. The average molecular weight is 231 g/mol. The van der Waals surface area contributed by atoms with Gasteiger partial charge in [-0.1, -0.05) is 37.6 Å². The minimum atomic E-state index is 0.872. The van der Waals surface area contributed by atoms with Crippen molar-refractivity contribution in [2.75, 3.05) is 6.54 Å². The fraction of sp³-hybridized carbons (Fsp3) is 0.625. The topological polar surface area (TPSA) is 12.0 Å². The summed E-state index contributed by atoms with van der Waals surface area (Å²) in [5, 5.41) is 3.57. The standard InChI is InChI=1S/C16H25N/c1-2-14-7-9-15(10-8-14)6-4-3-5-13-17-16-11-12-16/h7-10,16-17H,2-6,11-13H2,1H3. The minimum Gasteiger partial charge on any atom is -0.314 e. The summed E-state index contributed by atoms with van der Waals surface area (Å²) < 4.78 is 0. The molecule has 1 aliphatic carbocycles. The number of benzene rings is 1. The second kappa shape index (κ2) is 6.80. The first-order valence-corrected chi connectivity index (χ1v) is 7.19. The summed E-state index contributed by atoms with van der Waals surface area (Å²) in [5.41, 5.74) is 2.94. The monoisotopic (exact) mass is 231 g/mol. The van der Waals surface area contributed by atoms with Crippen molar-refractivity contribution >= 4 is 0 Å². The molecule has 0 atom stereocenters. The number of hydrogen-bond acceptors (Lipinski definition) is 1. The molecule has 0 aliphatic heterocycles. The van der Waals surface area contributed by atoms with Crippen molar-refractivity contribution in [2.24, 2.45) is 0 Å². The smallest absolute Gasteiger partial charge is 0.00682 e. The van der Waals surface area contributed by atoms with Crippen LogP contribution in [0.15, 0.2) is 24.3 Å². The summed E-state index contributed by atoms with van der Waals surface area (Å²) >= 11 is 0. The van der Waals surface area contributed by atoms with Crippen LogP contribution < -0.4 is 5.32 Å². The van der Waals surface area contributed by atoms with Crippen LogP contribution in [0.1, 0.15) is 50.2 Å². The first-order valence-electron chi connectivity index (χ1n) is 7.19. The predicted molar refractivity (Wildman–Crippen MR) is 74.4 cm³/mol. The lowest BCUT2D eigenvalue weighted by atomic mass is 10.0. The van der Waals surface area contributed by atoms with Crippen molar-refractivity contribution in [3.05, 3.63) is 35.4 Å². The van der Waals surface area contributed by atoms with Gasteiger partial charge in [-0.2, -0.15) is 0 Å². The van der Waals surface area contributed by atoms with Crippen molar-refractivity contribution < 1.29 is 0 Å². The maximum Gasteiger partial charge on any atom is 0.00682 e. The number of rotatable bonds is 8. The van der Waals surface area contributed by atoms with Crippen molar-refractivity contribution in [2.45, 2.75) is 57.9 Å². The average Bonchev–Trinajstić information content (AvgIpc) is 3.18. The van der Waals surface area contributed by atoms with E-state index in [0.29, 0.717) is 0 Å². The third kappa shape index (κ3) is 4.91. The van der Waals surface area contributed by atoms with Crippen molar-refractivity contribution in [1.29, 1.82) is 0 Å². The molecule has 1 aliphatic rings. The number of aryl methyl sites for hydroxylation is 2. The Bertz CT molecular complexity index is 311. The summed E-state index contributed by atoms with van der Waals surface area (Å²) in [7, 11) is 0. The SMILES string of the molecule is CCc1ccc(CCCCCNC2CC2)cc1. The summed E-state index contributed by atoms with van der Waals surface area (Å²) in [6, 6.07) is 9.99. The Hall–Kier alpha value is -0.820. The molecule has 0 amide bonds. The third-order valence-corrected chi connectivity index (χ3v) is 3.58. The Balaban J connectivity index is 1.53. The van der Waals surface area contributed by atoms with Crippen LogP contribution in [0.2, 0.25) is 0 Å². The third-order valence-electron chi connectivity index (χ3n) is 3.58. The molecule has 0 saturated heterocycles. The van der Waals surface area contributed by atoms with Crippen LogP contribution in [0.5, 0.6) is 0 Å². The molecule has 1 fully saturated rings. The van der Waals surface area contributed by atoms with Gasteiger partial charge in [-0.3, -0.25) is 0 Å². The minimum absolute atomic E-state index is 0.872. The van der Waals surface area contributed by atoms with E-state index in [-0.39, 0.29) is 0 Å². The van der Waals surface area contributed by atoms with Gasteiger partial charge in [0.1, 0.15) is 0 Å². The molecule has 1 nitrogen and oxygen atoms in total. The quantitative estimate of drug-likeness (QED) is 0.672. The van der Waals surface area contributed by atoms with Crippen LogP contribution in [0.3, 0.4) is 0 Å². The predicted octanol–water partition coefficient (Wildman–Crippen LogP) is 3.71. The Labute approximate surface area is 106 Å². The van der Waals surface area contributed by atoms with Crippen LogP contribution in [-0.4, -0.2) is 12.6 Å². The molecule has 0 heterocycles. The summed E-state index contributed by atoms with van der Waals surface area (Å²) in [4.78, 5) is 0. The van der Waals surface area contributed by atoms with Gasteiger partial charge in [0, 0.05) is 6.04 Å². The van der Waals surface area contributed by atoms with Crippen LogP contribution in [0, 0.1) is 0 Å². The van der Waals surface area contributed by atoms with Gasteiger partial charge in [0.05, 0.1) is 0 Å². The molecule has 2 rings (SSSR count). The highest BCUT2D eigenvalue weighted by atomic mass is 14.9. The van der Waals surface area contributed by atoms with E-state index in [1.165, 1.54) is 56.2 Å². The summed E-state index contributed by atoms with van der Waals surface area (Å²) in [6.45, 7) is 3.43. The Morgan fingerprint density at radius 2 is 1.71 bits per heavy atom. The number of unbranched alkanes of at least 4 members (excludes halogenated alkanes) is 2. The Morgan fingerprint density at radius 1 is 1.00 bits per heavy atom. The van der Waals surface area contributed by atoms with E-state index in [9.17, 15) is 0 Å². The van der Waals surface area contributed by atoms with Gasteiger partial charge in [-0.15, -0.1) is 0 Å². The highest BCUT2D eigenvalue weighted by molar-refractivity contribution is 5.22. The molecule has 0 spiro atoms. The maximum atomic E-state index is 3.57. The van der Waals surface area contributed by atoms with E-state index >= 15 is 0 Å². The zero-order valence-corrected chi connectivity index (χ0v) is 11.0. The molecule has 0 unspecified atom stereocenters. The van der Waals surface area contributed by atoms with Crippen LogP contribution in [-0.2, 0) is 12.8 Å². The molecule has 1 aromatic carbocycles. The van der Waals surface area contributed by atoms with Crippen molar-refractivity contribution in [3.63, 3.8) is 0 Å². The summed E-state index contributed by atoms with van der Waals surface area (Å²) in [6.07, 6.45) is 9.23. The van der Waals surface area contributed by atoms with Crippen LogP contribution in [0.25, 0.3) is 0 Å². The normalized spacial score (nSPS) is 15.1. The Morgan fingerprint density at radius 3 is 2.35 bits per heavy atom. The molecule has 0 aromatic heterocycles. The molecule has 1 saturated carbocycles. The van der Waals surface area contributed by atoms with E-state index in [0.717, 1.165) is 12.5 Å². The van der Waals surface area contributed by atoms with Crippen molar-refractivity contribution in [1.82, 2.24) is 5.32 Å². The fourth-order valence-electron chi connectivity index (χ4n) is 2.17. The lowest BCUT2D eigenvalue weighted by Gasteiger charge is -2.04. The van der Waals surface area contributed by atoms with Gasteiger partial charge >= 0.3 is 0 Å². The second-order valence-corrected chi connectivity index (χ2v) is 5.21. The second-order valence-electron chi connectivity index (χ2n) is 5.21. The van der Waals surface area contributed by atoms with E-state index in [1.54, 1.807) is 0 Å². The molecule has 1 N–H and O–H groups in total. The lowest BCUT2D eigenvalue weighted by Crippen LogP contribution is -2.17. The number of hydrogen-bond donors (Lipinski definition) is 1. The van der Waals surface area contributed by atoms with E-state index in [1.807, 2.05) is 0 Å². The van der Waals surface area contributed by atoms with Crippen LogP contribution in [0.4, 0.5) is 0 Å². The molecule has 0 bridgehead atoms.